The van der Waals surface area contributed by atoms with Crippen molar-refractivity contribution < 1.29 is 156 Å². The molecule has 0 spiro atoms. The maximum atomic E-state index is 9.75. The molecule has 0 amide bonds. The zero-order valence-corrected chi connectivity index (χ0v) is 44.8. The summed E-state index contributed by atoms with van der Waals surface area (Å²) in [6, 6.07) is 15.8. The van der Waals surface area contributed by atoms with Gasteiger partial charge in [0, 0.05) is 120 Å². The van der Waals surface area contributed by atoms with E-state index >= 15 is 0 Å². The molecule has 4 aliphatic rings. The Morgan fingerprint density at radius 2 is 0.500 bits per heavy atom. The fourth-order valence-corrected chi connectivity index (χ4v) is 6.47. The number of nitrogens with zero attached hydrogens (tertiary/aromatic N) is 16. The number of guanidine groups is 4. The van der Waals surface area contributed by atoms with Gasteiger partial charge in [0.15, 0.2) is 34.6 Å². The summed E-state index contributed by atoms with van der Waals surface area (Å²) in [5.74, 6) is 6.40. The molecule has 8 heterocycles. The number of rotatable bonds is 4. The minimum Gasteiger partial charge on any atom is -0.418 e. The molecule has 0 saturated heterocycles. The van der Waals surface area contributed by atoms with Crippen molar-refractivity contribution in [2.75, 3.05) is 109 Å². The number of pyridine rings is 4. The van der Waals surface area contributed by atoms with Crippen LogP contribution in [0.1, 0.15) is 0 Å². The van der Waals surface area contributed by atoms with Gasteiger partial charge < -0.3 is 107 Å². The molecular formula is C36H48B4Cu4F16N16. The molecule has 16 nitrogen and oxygen atoms in total. The molecule has 0 fully saturated rings. The van der Waals surface area contributed by atoms with E-state index in [1.54, 1.807) is 0 Å². The maximum absolute atomic E-state index is 9.75. The van der Waals surface area contributed by atoms with Crippen molar-refractivity contribution >= 4 is 98.2 Å². The Hall–Kier alpha value is -4.58. The molecule has 8 rings (SSSR count). The van der Waals surface area contributed by atoms with Crippen molar-refractivity contribution in [3.8, 4) is 0 Å². The Balaban J connectivity index is 0. The van der Waals surface area contributed by atoms with Crippen molar-refractivity contribution in [3.05, 3.63) is 69.8 Å². The first-order valence-corrected chi connectivity index (χ1v) is 21.1. The van der Waals surface area contributed by atoms with Gasteiger partial charge in [0.1, 0.15) is 0 Å². The van der Waals surface area contributed by atoms with Crippen LogP contribution in [-0.2, 0) is 68.3 Å². The van der Waals surface area contributed by atoms with Crippen molar-refractivity contribution in [2.24, 2.45) is 0 Å². The quantitative estimate of drug-likeness (QED) is 0.114. The monoisotopic (exact) mass is 1300 g/mol. The van der Waals surface area contributed by atoms with Crippen molar-refractivity contribution in [3.63, 3.8) is 0 Å². The third kappa shape index (κ3) is 28.2. The SMILES string of the molecule is CN1CC[N+](C)=C1[N-]c1ccc2ccc([N-]C3=[N+](C)CCN3C)nc2n1.CN1CC[N+](C)=C1[N-]c1ccc2ccc([N-]C3=[N+](C)CCN3C)nc2n1.F[B-](F)(F)F.F[B-](F)(F)F.F[B-](F)(F)F.F[B-](F)(F)F.[Cu+].[Cu+].[Cu+].[Cu+]. The minimum absolute atomic E-state index is 0. The van der Waals surface area contributed by atoms with Crippen LogP contribution in [0, 0.1) is 0 Å². The third-order valence-electron chi connectivity index (χ3n) is 9.72. The van der Waals surface area contributed by atoms with Gasteiger partial charge in [0.25, 0.3) is 0 Å². The normalized spacial score (nSPS) is 15.3. The molecule has 0 atom stereocenters. The van der Waals surface area contributed by atoms with Gasteiger partial charge in [-0.15, -0.1) is 0 Å². The van der Waals surface area contributed by atoms with E-state index in [4.69, 9.17) is 21.3 Å². The summed E-state index contributed by atoms with van der Waals surface area (Å²) in [5.41, 5.74) is 1.33. The Morgan fingerprint density at radius 1 is 0.342 bits per heavy atom. The Bertz CT molecular complexity index is 2250. The fourth-order valence-electron chi connectivity index (χ4n) is 6.47. The molecule has 0 bridgehead atoms. The van der Waals surface area contributed by atoms with Crippen LogP contribution >= 0.6 is 0 Å². The van der Waals surface area contributed by atoms with Crippen LogP contribution in [0.5, 0.6) is 0 Å². The number of aromatic nitrogens is 4. The van der Waals surface area contributed by atoms with Gasteiger partial charge in [-0.05, 0) is 48.5 Å². The van der Waals surface area contributed by atoms with Crippen LogP contribution in [0.2, 0.25) is 0 Å². The predicted molar refractivity (Wildman–Crippen MR) is 247 cm³/mol. The molecule has 0 N–H and O–H groups in total. The minimum atomic E-state index is -6.00. The van der Waals surface area contributed by atoms with Crippen molar-refractivity contribution in [1.29, 1.82) is 0 Å². The fraction of sp³-hybridized carbons (Fsp3) is 0.444. The van der Waals surface area contributed by atoms with Crippen LogP contribution in [0.4, 0.5) is 92.3 Å². The zero-order chi connectivity index (χ0) is 54.5. The van der Waals surface area contributed by atoms with E-state index in [9.17, 15) is 69.1 Å². The topological polar surface area (TPSA) is 133 Å². The van der Waals surface area contributed by atoms with E-state index in [0.29, 0.717) is 34.6 Å². The standard InChI is InChI=1S/2C18H24N8.4BF4.4Cu/c2*1-23-9-10-24(2)17(23)21-14-7-5-13-6-8-15(20-16(13)19-14)22-18-25(3)11-12-26(18)4;4*2-1(3,4)5;;;;/h2*5-8H,9-12H2,1-4H3;;;;;;;;/q;;4*-1;4*+1. The molecule has 0 aromatic carbocycles. The molecule has 0 unspecified atom stereocenters. The van der Waals surface area contributed by atoms with E-state index in [1.165, 1.54) is 0 Å². The number of hydrogen-bond donors (Lipinski definition) is 0. The summed E-state index contributed by atoms with van der Waals surface area (Å²) in [6.07, 6.45) is 0. The van der Waals surface area contributed by atoms with Gasteiger partial charge >= 0.3 is 97.3 Å². The maximum Gasteiger partial charge on any atom is 1.00 e. The van der Waals surface area contributed by atoms with Crippen LogP contribution in [0.15, 0.2) is 48.5 Å². The zero-order valence-electron chi connectivity index (χ0n) is 41.0. The van der Waals surface area contributed by atoms with Crippen LogP contribution in [0.3, 0.4) is 0 Å². The van der Waals surface area contributed by atoms with Crippen LogP contribution in [0.25, 0.3) is 43.3 Å². The molecule has 0 saturated carbocycles. The second-order valence-electron chi connectivity index (χ2n) is 15.8. The third-order valence-corrected chi connectivity index (χ3v) is 9.72. The van der Waals surface area contributed by atoms with Gasteiger partial charge in [0.2, 0.25) is 23.8 Å². The summed E-state index contributed by atoms with van der Waals surface area (Å²) in [6.45, 7) is 7.81. The van der Waals surface area contributed by atoms with Crippen molar-refractivity contribution in [2.45, 2.75) is 0 Å². The molecule has 40 heteroatoms. The molecule has 4 aromatic rings. The first-order valence-electron chi connectivity index (χ1n) is 21.1. The number of fused-ring (bicyclic) bond motifs is 2. The summed E-state index contributed by atoms with van der Waals surface area (Å²) >= 11 is 0. The number of halogens is 16. The van der Waals surface area contributed by atoms with Gasteiger partial charge in [-0.2, -0.15) is 21.3 Å². The van der Waals surface area contributed by atoms with Gasteiger partial charge in [0.05, 0.1) is 0 Å². The summed E-state index contributed by atoms with van der Waals surface area (Å²) in [4.78, 5) is 27.1. The molecule has 0 radical (unpaired) electrons. The Labute approximate surface area is 469 Å². The van der Waals surface area contributed by atoms with Gasteiger partial charge in [-0.3, -0.25) is 0 Å². The molecule has 4 aromatic heterocycles. The molecule has 4 aliphatic heterocycles. The first-order chi connectivity index (χ1) is 33.0. The van der Waals surface area contributed by atoms with E-state index in [1.807, 2.05) is 105 Å². The number of likely N-dealkylation sites (N-methyl/N-ethyl adjacent to an activating group) is 8. The second-order valence-corrected chi connectivity index (χ2v) is 15.8. The van der Waals surface area contributed by atoms with Crippen LogP contribution in [-0.4, -0.2) is 219 Å². The van der Waals surface area contributed by atoms with E-state index in [0.717, 1.165) is 87.0 Å². The molecular weight excluding hydrogens is 1260 g/mol. The van der Waals surface area contributed by atoms with Crippen molar-refractivity contribution in [1.82, 2.24) is 39.5 Å². The molecule has 0 aliphatic carbocycles. The van der Waals surface area contributed by atoms with Gasteiger partial charge in [-0.25, -0.2) is 19.9 Å². The smallest absolute Gasteiger partial charge is 0.418 e. The summed E-state index contributed by atoms with van der Waals surface area (Å²) in [5, 5.41) is 20.7. The van der Waals surface area contributed by atoms with E-state index < -0.39 is 29.0 Å². The van der Waals surface area contributed by atoms with E-state index in [-0.39, 0.29) is 68.3 Å². The van der Waals surface area contributed by atoms with Gasteiger partial charge in [-0.1, -0.05) is 0 Å². The summed E-state index contributed by atoms with van der Waals surface area (Å²) in [7, 11) is -7.63. The molecule has 76 heavy (non-hydrogen) atoms. The average molecular weight is 1310 g/mol. The Morgan fingerprint density at radius 3 is 0.632 bits per heavy atom. The first kappa shape index (κ1) is 73.5. The average Bonchev–Trinajstić information content (AvgIpc) is 3.94. The van der Waals surface area contributed by atoms with E-state index in [2.05, 4.69) is 57.8 Å². The molecule has 440 valence electrons. The second kappa shape index (κ2) is 31.7. The summed E-state index contributed by atoms with van der Waals surface area (Å²) < 4.78 is 165. The number of hydrogen-bond acceptors (Lipinski definition) is 8. The predicted octanol–water partition coefficient (Wildman–Crippen LogP) is 8.25. The Kier molecular flexibility index (Phi) is 30.7. The largest absolute Gasteiger partial charge is 1.00 e. The van der Waals surface area contributed by atoms with Crippen LogP contribution < -0.4 is 0 Å².